The molecule has 0 aliphatic heterocycles. The van der Waals surface area contributed by atoms with Gasteiger partial charge < -0.3 is 5.11 Å². The van der Waals surface area contributed by atoms with Gasteiger partial charge in [-0.2, -0.15) is 5.26 Å². The van der Waals surface area contributed by atoms with Crippen molar-refractivity contribution in [2.24, 2.45) is 11.3 Å². The van der Waals surface area contributed by atoms with Crippen LogP contribution in [0.15, 0.2) is 0 Å². The smallest absolute Gasteiger partial charge is 0.319 e. The van der Waals surface area contributed by atoms with Crippen LogP contribution in [-0.4, -0.2) is 26.3 Å². The van der Waals surface area contributed by atoms with Crippen molar-refractivity contribution in [3.8, 4) is 6.07 Å². The van der Waals surface area contributed by atoms with Crippen molar-refractivity contribution in [3.05, 3.63) is 0 Å². The van der Waals surface area contributed by atoms with Gasteiger partial charge in [-0.05, 0) is 24.2 Å². The van der Waals surface area contributed by atoms with Gasteiger partial charge in [-0.3, -0.25) is 9.00 Å². The minimum atomic E-state index is -1.38. The van der Waals surface area contributed by atoms with E-state index in [1.165, 1.54) is 0 Å². The third-order valence-corrected chi connectivity index (χ3v) is 5.20. The van der Waals surface area contributed by atoms with Gasteiger partial charge in [0.05, 0.1) is 6.07 Å². The Bertz CT molecular complexity index is 342. The minimum Gasteiger partial charge on any atom is -0.480 e. The molecule has 2 atom stereocenters. The molecule has 0 aromatic rings. The number of hydrogen-bond donors (Lipinski definition) is 1. The Morgan fingerprint density at radius 3 is 2.44 bits per heavy atom. The highest BCUT2D eigenvalue weighted by Gasteiger charge is 2.45. The Morgan fingerprint density at radius 2 is 2.12 bits per heavy atom. The second-order valence-electron chi connectivity index (χ2n) is 4.86. The Kier molecular flexibility index (Phi) is 4.09. The quantitative estimate of drug-likeness (QED) is 0.767. The van der Waals surface area contributed by atoms with Gasteiger partial charge >= 0.3 is 5.97 Å². The van der Waals surface area contributed by atoms with Crippen molar-refractivity contribution in [3.63, 3.8) is 0 Å². The first-order valence-electron chi connectivity index (χ1n) is 5.39. The lowest BCUT2D eigenvalue weighted by Gasteiger charge is -2.18. The number of nitriles is 1. The summed E-state index contributed by atoms with van der Waals surface area (Å²) < 4.78 is 12.0. The summed E-state index contributed by atoms with van der Waals surface area (Å²) in [5.74, 6) is -0.785. The maximum Gasteiger partial charge on any atom is 0.319 e. The lowest BCUT2D eigenvalue weighted by Crippen LogP contribution is -2.34. The summed E-state index contributed by atoms with van der Waals surface area (Å²) in [5, 5.41) is 16.8. The van der Waals surface area contributed by atoms with Crippen LogP contribution in [0.4, 0.5) is 0 Å². The van der Waals surface area contributed by atoms with E-state index in [2.05, 4.69) is 6.07 Å². The van der Waals surface area contributed by atoms with E-state index in [1.807, 2.05) is 0 Å². The molecular formula is C11H17NO3S. The van der Waals surface area contributed by atoms with Crippen LogP contribution < -0.4 is 0 Å². The molecule has 1 N–H and O–H groups in total. The number of carboxylic acids is 1. The molecule has 0 saturated heterocycles. The molecule has 1 aliphatic carbocycles. The summed E-state index contributed by atoms with van der Waals surface area (Å²) >= 11 is 0. The predicted octanol–water partition coefficient (Wildman–Crippen LogP) is 1.54. The highest BCUT2D eigenvalue weighted by atomic mass is 32.2. The van der Waals surface area contributed by atoms with E-state index in [4.69, 9.17) is 10.4 Å². The molecule has 2 unspecified atom stereocenters. The fourth-order valence-electron chi connectivity index (χ4n) is 1.81. The summed E-state index contributed by atoms with van der Waals surface area (Å²) in [5.41, 5.74) is -0.151. The SMILES string of the molecule is CC(C)C(C(=O)O)S(=O)CC1(CC#N)CC1. The minimum absolute atomic E-state index is 0.142. The average Bonchev–Trinajstić information content (AvgIpc) is 2.83. The molecular weight excluding hydrogens is 226 g/mol. The number of rotatable bonds is 6. The fraction of sp³-hybridized carbons (Fsp3) is 0.818. The van der Waals surface area contributed by atoms with E-state index in [-0.39, 0.29) is 11.3 Å². The van der Waals surface area contributed by atoms with Crippen LogP contribution in [0.5, 0.6) is 0 Å². The highest BCUT2D eigenvalue weighted by Crippen LogP contribution is 2.49. The first kappa shape index (κ1) is 13.2. The molecule has 0 radical (unpaired) electrons. The Hall–Kier alpha value is -0.890. The van der Waals surface area contributed by atoms with Crippen molar-refractivity contribution >= 4 is 16.8 Å². The molecule has 0 bridgehead atoms. The van der Waals surface area contributed by atoms with Crippen molar-refractivity contribution in [1.29, 1.82) is 5.26 Å². The first-order valence-corrected chi connectivity index (χ1v) is 6.77. The summed E-state index contributed by atoms with van der Waals surface area (Å²) in [6.07, 6.45) is 2.19. The Balaban J connectivity index is 2.64. The normalized spacial score (nSPS) is 21.1. The lowest BCUT2D eigenvalue weighted by atomic mass is 10.1. The van der Waals surface area contributed by atoms with Crippen LogP contribution in [0, 0.1) is 22.7 Å². The largest absolute Gasteiger partial charge is 0.480 e. The monoisotopic (exact) mass is 243 g/mol. The maximum absolute atomic E-state index is 12.0. The molecule has 1 aliphatic rings. The first-order chi connectivity index (χ1) is 7.42. The maximum atomic E-state index is 12.0. The van der Waals surface area contributed by atoms with Crippen molar-refractivity contribution in [1.82, 2.24) is 0 Å². The Labute approximate surface area is 98.1 Å². The van der Waals surface area contributed by atoms with E-state index < -0.39 is 22.0 Å². The van der Waals surface area contributed by atoms with E-state index in [0.717, 1.165) is 12.8 Å². The lowest BCUT2D eigenvalue weighted by molar-refractivity contribution is -0.137. The summed E-state index contributed by atoms with van der Waals surface area (Å²) in [6, 6.07) is 2.09. The number of nitrogens with zero attached hydrogens (tertiary/aromatic N) is 1. The van der Waals surface area contributed by atoms with Gasteiger partial charge in [0.25, 0.3) is 0 Å². The molecule has 0 amide bonds. The zero-order chi connectivity index (χ0) is 12.3. The number of carboxylic acid groups (broad SMARTS) is 1. The number of aliphatic carboxylic acids is 1. The van der Waals surface area contributed by atoms with Crippen molar-refractivity contribution in [2.45, 2.75) is 38.4 Å². The van der Waals surface area contributed by atoms with Crippen molar-refractivity contribution in [2.75, 3.05) is 5.75 Å². The zero-order valence-corrected chi connectivity index (χ0v) is 10.4. The molecule has 90 valence electrons. The number of carbonyl (C=O) groups is 1. The molecule has 4 nitrogen and oxygen atoms in total. The van der Waals surface area contributed by atoms with Gasteiger partial charge in [0.1, 0.15) is 5.25 Å². The van der Waals surface area contributed by atoms with Crippen LogP contribution in [0.2, 0.25) is 0 Å². The van der Waals surface area contributed by atoms with Crippen molar-refractivity contribution < 1.29 is 14.1 Å². The van der Waals surface area contributed by atoms with Crippen LogP contribution in [0.1, 0.15) is 33.1 Å². The zero-order valence-electron chi connectivity index (χ0n) is 9.60. The molecule has 5 heteroatoms. The topological polar surface area (TPSA) is 78.2 Å². The summed E-state index contributed by atoms with van der Waals surface area (Å²) in [4.78, 5) is 11.0. The molecule has 1 fully saturated rings. The molecule has 1 rings (SSSR count). The van der Waals surface area contributed by atoms with E-state index in [1.54, 1.807) is 13.8 Å². The second kappa shape index (κ2) is 4.96. The summed E-state index contributed by atoms with van der Waals surface area (Å²) in [7, 11) is -1.38. The third kappa shape index (κ3) is 3.05. The van der Waals surface area contributed by atoms with Crippen LogP contribution >= 0.6 is 0 Å². The molecule has 1 saturated carbocycles. The second-order valence-corrected chi connectivity index (χ2v) is 6.42. The predicted molar refractivity (Wildman–Crippen MR) is 61.2 cm³/mol. The molecule has 0 heterocycles. The van der Waals surface area contributed by atoms with Crippen LogP contribution in [0.3, 0.4) is 0 Å². The Morgan fingerprint density at radius 1 is 1.56 bits per heavy atom. The highest BCUT2D eigenvalue weighted by molar-refractivity contribution is 7.86. The van der Waals surface area contributed by atoms with Gasteiger partial charge in [0.2, 0.25) is 0 Å². The van der Waals surface area contributed by atoms with Gasteiger partial charge in [-0.1, -0.05) is 13.8 Å². The average molecular weight is 243 g/mol. The van der Waals surface area contributed by atoms with Crippen LogP contribution in [0.25, 0.3) is 0 Å². The third-order valence-electron chi connectivity index (χ3n) is 2.99. The van der Waals surface area contributed by atoms with Gasteiger partial charge in [-0.15, -0.1) is 0 Å². The van der Waals surface area contributed by atoms with Gasteiger partial charge in [0, 0.05) is 23.0 Å². The molecule has 0 aromatic heterocycles. The standard InChI is InChI=1S/C11H17NO3S/c1-8(2)9(10(13)14)16(15)7-11(3-4-11)5-6-12/h8-9H,3-5,7H2,1-2H3,(H,13,14). The molecule has 16 heavy (non-hydrogen) atoms. The van der Waals surface area contributed by atoms with E-state index in [0.29, 0.717) is 12.2 Å². The van der Waals surface area contributed by atoms with Gasteiger partial charge in [0.15, 0.2) is 0 Å². The van der Waals surface area contributed by atoms with E-state index >= 15 is 0 Å². The molecule has 0 spiro atoms. The molecule has 0 aromatic carbocycles. The van der Waals surface area contributed by atoms with Gasteiger partial charge in [-0.25, -0.2) is 0 Å². The van der Waals surface area contributed by atoms with Crippen LogP contribution in [-0.2, 0) is 15.6 Å². The fourth-order valence-corrected chi connectivity index (χ4v) is 3.82. The van der Waals surface area contributed by atoms with E-state index in [9.17, 15) is 9.00 Å². The number of hydrogen-bond acceptors (Lipinski definition) is 3. The summed E-state index contributed by atoms with van der Waals surface area (Å²) in [6.45, 7) is 3.53.